The Kier molecular flexibility index (Phi) is 10.3. The van der Waals surface area contributed by atoms with E-state index in [1.165, 1.54) is 19.5 Å². The molecule has 0 unspecified atom stereocenters. The number of halogens is 2. The van der Waals surface area contributed by atoms with Crippen LogP contribution in [0.2, 0.25) is 5.02 Å². The summed E-state index contributed by atoms with van der Waals surface area (Å²) in [5.74, 6) is 1.14. The molecule has 2 aromatic rings. The van der Waals surface area contributed by atoms with E-state index >= 15 is 0 Å². The smallest absolute Gasteiger partial charge is 0.325 e. The van der Waals surface area contributed by atoms with Gasteiger partial charge in [-0.15, -0.1) is 12.4 Å². The van der Waals surface area contributed by atoms with Gasteiger partial charge in [-0.3, -0.25) is 10.1 Å². The number of morpholine rings is 1. The fraction of sp³-hybridized carbons (Fsp3) is 0.458. The van der Waals surface area contributed by atoms with Gasteiger partial charge in [0.05, 0.1) is 37.9 Å². The van der Waals surface area contributed by atoms with E-state index in [1.54, 1.807) is 12.1 Å². The molecule has 0 radical (unpaired) electrons. The summed E-state index contributed by atoms with van der Waals surface area (Å²) in [5, 5.41) is 17.9. The second-order valence-corrected chi connectivity index (χ2v) is 9.03. The molecule has 198 valence electrons. The van der Waals surface area contributed by atoms with Gasteiger partial charge >= 0.3 is 6.03 Å². The number of urea groups is 1. The Bertz CT molecular complexity index is 1140. The molecule has 2 fully saturated rings. The van der Waals surface area contributed by atoms with E-state index in [0.717, 1.165) is 18.4 Å². The minimum atomic E-state index is -0.556. The normalized spacial score (nSPS) is 16.8. The lowest BCUT2D eigenvalue weighted by Crippen LogP contribution is -2.49. The largest absolute Gasteiger partial charge is 0.495 e. The number of carbonyl (C=O) groups excluding carboxylic acids is 2. The van der Waals surface area contributed by atoms with Gasteiger partial charge in [0.1, 0.15) is 11.8 Å². The van der Waals surface area contributed by atoms with Crippen LogP contribution in [0.15, 0.2) is 24.5 Å². The van der Waals surface area contributed by atoms with Crippen LogP contribution in [0.25, 0.3) is 0 Å². The van der Waals surface area contributed by atoms with Crippen LogP contribution in [0.3, 0.4) is 0 Å². The summed E-state index contributed by atoms with van der Waals surface area (Å²) < 4.78 is 11.2. The molecule has 1 aromatic heterocycles. The van der Waals surface area contributed by atoms with Gasteiger partial charge in [0.15, 0.2) is 11.5 Å². The van der Waals surface area contributed by atoms with E-state index in [9.17, 15) is 9.59 Å². The van der Waals surface area contributed by atoms with Gasteiger partial charge in [0.2, 0.25) is 5.91 Å². The van der Waals surface area contributed by atoms with Gasteiger partial charge in [-0.05, 0) is 43.5 Å². The first-order chi connectivity index (χ1) is 17.5. The fourth-order valence-electron chi connectivity index (χ4n) is 3.89. The first-order valence-corrected chi connectivity index (χ1v) is 12.1. The Morgan fingerprint density at radius 1 is 1.27 bits per heavy atom. The predicted octanol–water partition coefficient (Wildman–Crippen LogP) is 2.85. The van der Waals surface area contributed by atoms with Crippen LogP contribution in [0.5, 0.6) is 5.75 Å². The molecule has 4 rings (SSSR count). The standard InChI is InChI=1S/C24H28ClN7O4.ClH/c1-35-21-8-16(4-5-27-12-18-14-32(6-7-36-18)23(33)15-2-3-15)19(25)9-20(21)30-24(34)31-22-13-28-17(10-26)11-29-22;/h8-9,11,13,15,18,27H,2-7,12,14H2,1H3,(H2,29,30,31,34);1H/t18-;/m0./s1. The number of carbonyl (C=O) groups is 2. The average molecular weight is 550 g/mol. The lowest BCUT2D eigenvalue weighted by molar-refractivity contribution is -0.139. The lowest BCUT2D eigenvalue weighted by Gasteiger charge is -2.33. The zero-order chi connectivity index (χ0) is 25.5. The van der Waals surface area contributed by atoms with Crippen LogP contribution in [0.1, 0.15) is 24.1 Å². The number of anilines is 2. The molecular formula is C24H29Cl2N7O4. The van der Waals surface area contributed by atoms with Crippen LogP contribution >= 0.6 is 24.0 Å². The number of aromatic nitrogens is 2. The number of rotatable bonds is 9. The van der Waals surface area contributed by atoms with Crippen molar-refractivity contribution in [1.29, 1.82) is 5.26 Å². The summed E-state index contributed by atoms with van der Waals surface area (Å²) in [6.07, 6.45) is 5.18. The molecule has 2 heterocycles. The highest BCUT2D eigenvalue weighted by Gasteiger charge is 2.35. The van der Waals surface area contributed by atoms with Gasteiger partial charge < -0.3 is 25.0 Å². The fourth-order valence-corrected chi connectivity index (χ4v) is 4.15. The molecule has 1 aliphatic carbocycles. The van der Waals surface area contributed by atoms with Gasteiger partial charge in [0.25, 0.3) is 0 Å². The SMILES string of the molecule is COc1cc(CCNC[C@H]2CN(C(=O)C3CC3)CCO2)c(Cl)cc1NC(=O)Nc1cnc(C#N)cn1.Cl. The number of methoxy groups -OCH3 is 1. The molecule has 11 nitrogen and oxygen atoms in total. The molecule has 2 aliphatic rings. The molecule has 1 saturated carbocycles. The summed E-state index contributed by atoms with van der Waals surface area (Å²) >= 11 is 6.48. The highest BCUT2D eigenvalue weighted by Crippen LogP contribution is 2.32. The van der Waals surface area contributed by atoms with Crippen molar-refractivity contribution in [3.05, 3.63) is 40.8 Å². The number of amides is 3. The Morgan fingerprint density at radius 3 is 2.76 bits per heavy atom. The van der Waals surface area contributed by atoms with Crippen molar-refractivity contribution in [3.8, 4) is 11.8 Å². The Balaban J connectivity index is 0.00000380. The van der Waals surface area contributed by atoms with E-state index in [2.05, 4.69) is 25.9 Å². The first-order valence-electron chi connectivity index (χ1n) is 11.7. The van der Waals surface area contributed by atoms with Crippen molar-refractivity contribution in [2.75, 3.05) is 50.5 Å². The summed E-state index contributed by atoms with van der Waals surface area (Å²) in [5.41, 5.74) is 1.41. The van der Waals surface area contributed by atoms with Crippen molar-refractivity contribution in [3.63, 3.8) is 0 Å². The zero-order valence-corrected chi connectivity index (χ0v) is 21.9. The topological polar surface area (TPSA) is 142 Å². The molecule has 0 spiro atoms. The van der Waals surface area contributed by atoms with Crippen molar-refractivity contribution in [2.45, 2.75) is 25.4 Å². The minimum absolute atomic E-state index is 0. The first kappa shape index (κ1) is 28.4. The highest BCUT2D eigenvalue weighted by atomic mass is 35.5. The summed E-state index contributed by atoms with van der Waals surface area (Å²) in [6.45, 7) is 3.15. The number of nitrogens with one attached hydrogen (secondary N) is 3. The van der Waals surface area contributed by atoms with Crippen molar-refractivity contribution in [2.24, 2.45) is 5.92 Å². The molecule has 1 aliphatic heterocycles. The van der Waals surface area contributed by atoms with E-state index < -0.39 is 6.03 Å². The molecule has 1 atom stereocenters. The number of hydrogen-bond acceptors (Lipinski definition) is 8. The summed E-state index contributed by atoms with van der Waals surface area (Å²) in [7, 11) is 1.51. The maximum Gasteiger partial charge on any atom is 0.325 e. The van der Waals surface area contributed by atoms with Crippen LogP contribution < -0.4 is 20.7 Å². The molecule has 3 N–H and O–H groups in total. The third kappa shape index (κ3) is 7.90. The van der Waals surface area contributed by atoms with Crippen molar-refractivity contribution >= 4 is 47.5 Å². The van der Waals surface area contributed by atoms with E-state index in [-0.39, 0.29) is 41.8 Å². The quantitative estimate of drug-likeness (QED) is 0.405. The maximum atomic E-state index is 12.4. The van der Waals surface area contributed by atoms with Crippen molar-refractivity contribution in [1.82, 2.24) is 20.2 Å². The van der Waals surface area contributed by atoms with E-state index in [4.69, 9.17) is 26.3 Å². The zero-order valence-electron chi connectivity index (χ0n) is 20.3. The van der Waals surface area contributed by atoms with E-state index in [1.807, 2.05) is 11.0 Å². The number of benzene rings is 1. The molecular weight excluding hydrogens is 521 g/mol. The number of ether oxygens (including phenoxy) is 2. The monoisotopic (exact) mass is 549 g/mol. The van der Waals surface area contributed by atoms with Gasteiger partial charge in [-0.2, -0.15) is 5.26 Å². The third-order valence-corrected chi connectivity index (χ3v) is 6.30. The van der Waals surface area contributed by atoms with Crippen LogP contribution in [-0.4, -0.2) is 72.8 Å². The summed E-state index contributed by atoms with van der Waals surface area (Å²) in [6, 6.07) is 4.72. The second-order valence-electron chi connectivity index (χ2n) is 8.63. The molecule has 37 heavy (non-hydrogen) atoms. The van der Waals surface area contributed by atoms with Gasteiger partial charge in [-0.25, -0.2) is 14.8 Å². The van der Waals surface area contributed by atoms with Gasteiger partial charge in [0, 0.05) is 30.6 Å². The average Bonchev–Trinajstić information content (AvgIpc) is 3.73. The van der Waals surface area contributed by atoms with Crippen LogP contribution in [0, 0.1) is 17.2 Å². The van der Waals surface area contributed by atoms with Crippen molar-refractivity contribution < 1.29 is 19.1 Å². The minimum Gasteiger partial charge on any atom is -0.495 e. The Labute approximate surface area is 226 Å². The van der Waals surface area contributed by atoms with Gasteiger partial charge in [-0.1, -0.05) is 11.6 Å². The number of hydrogen-bond donors (Lipinski definition) is 3. The highest BCUT2D eigenvalue weighted by molar-refractivity contribution is 6.31. The molecule has 13 heteroatoms. The maximum absolute atomic E-state index is 12.4. The summed E-state index contributed by atoms with van der Waals surface area (Å²) in [4.78, 5) is 34.4. The third-order valence-electron chi connectivity index (χ3n) is 5.94. The lowest BCUT2D eigenvalue weighted by atomic mass is 10.1. The Morgan fingerprint density at radius 2 is 2.08 bits per heavy atom. The second kappa shape index (κ2) is 13.4. The number of nitriles is 1. The predicted molar refractivity (Wildman–Crippen MR) is 140 cm³/mol. The molecule has 1 aromatic carbocycles. The Hall–Kier alpha value is -3.17. The molecule has 3 amide bonds. The molecule has 0 bridgehead atoms. The molecule has 1 saturated heterocycles. The van der Waals surface area contributed by atoms with E-state index in [0.29, 0.717) is 55.7 Å². The number of nitrogens with zero attached hydrogens (tertiary/aromatic N) is 4. The van der Waals surface area contributed by atoms with Crippen LogP contribution in [-0.2, 0) is 16.0 Å². The van der Waals surface area contributed by atoms with Crippen LogP contribution in [0.4, 0.5) is 16.3 Å².